The van der Waals surface area contributed by atoms with Crippen molar-refractivity contribution in [1.82, 2.24) is 9.91 Å². The second-order valence-electron chi connectivity index (χ2n) is 9.69. The smallest absolute Gasteiger partial charge is 0.257 e. The van der Waals surface area contributed by atoms with Crippen molar-refractivity contribution in [2.24, 2.45) is 5.10 Å². The molecule has 0 spiro atoms. The van der Waals surface area contributed by atoms with E-state index in [0.717, 1.165) is 22.2 Å². The summed E-state index contributed by atoms with van der Waals surface area (Å²) in [5.74, 6) is -0.214. The van der Waals surface area contributed by atoms with Crippen molar-refractivity contribution in [2.75, 3.05) is 37.6 Å². The molecule has 2 aliphatic rings. The highest BCUT2D eigenvalue weighted by Crippen LogP contribution is 2.33. The van der Waals surface area contributed by atoms with Crippen LogP contribution in [0.25, 0.3) is 10.8 Å². The molecule has 37 heavy (non-hydrogen) atoms. The predicted molar refractivity (Wildman–Crippen MR) is 146 cm³/mol. The molecule has 0 aromatic heterocycles. The number of nitrogens with zero attached hydrogens (tertiary/aromatic N) is 4. The molecule has 186 valence electrons. The first kappa shape index (κ1) is 23.4. The molecule has 1 unspecified atom stereocenters. The van der Waals surface area contributed by atoms with E-state index >= 15 is 0 Å². The molecule has 4 aromatic carbocycles. The second-order valence-corrected chi connectivity index (χ2v) is 9.69. The van der Waals surface area contributed by atoms with Gasteiger partial charge in [-0.3, -0.25) is 9.69 Å². The maximum Gasteiger partial charge on any atom is 0.257 e. The lowest BCUT2D eigenvalue weighted by atomic mass is 9.97. The largest absolute Gasteiger partial charge is 0.367 e. The summed E-state index contributed by atoms with van der Waals surface area (Å²) in [6.07, 6.45) is 0.676. The number of para-hydroxylation sites is 1. The Bertz CT molecular complexity index is 1450. The number of benzene rings is 4. The standard InChI is InChI=1S/C31H29FN4O/c32-27-12-6-7-13-29(27)35-18-16-34(17-19-35)22-31(37)36-30(24-9-2-1-3-10-24)21-28(33-36)26-15-14-23-8-4-5-11-25(23)20-26/h1-15,20,30H,16-19,21-22H2. The fourth-order valence-electron chi connectivity index (χ4n) is 5.34. The molecule has 0 N–H and O–H groups in total. The van der Waals surface area contributed by atoms with Crippen LogP contribution < -0.4 is 4.90 Å². The minimum absolute atomic E-state index is 0.0102. The Morgan fingerprint density at radius 3 is 2.30 bits per heavy atom. The number of carbonyl (C=O) groups excluding carboxylic acids is 1. The lowest BCUT2D eigenvalue weighted by Crippen LogP contribution is -2.49. The van der Waals surface area contributed by atoms with Gasteiger partial charge in [-0.1, -0.05) is 78.9 Å². The number of fused-ring (bicyclic) bond motifs is 1. The molecular formula is C31H29FN4O. The summed E-state index contributed by atoms with van der Waals surface area (Å²) in [4.78, 5) is 17.8. The van der Waals surface area contributed by atoms with Gasteiger partial charge in [0.25, 0.3) is 5.91 Å². The molecule has 2 aliphatic heterocycles. The maximum atomic E-state index is 14.2. The van der Waals surface area contributed by atoms with Crippen LogP contribution >= 0.6 is 0 Å². The van der Waals surface area contributed by atoms with Gasteiger partial charge in [0.15, 0.2) is 0 Å². The normalized spacial score (nSPS) is 18.3. The lowest BCUT2D eigenvalue weighted by Gasteiger charge is -2.36. The first-order valence-corrected chi connectivity index (χ1v) is 12.8. The molecular weight excluding hydrogens is 463 g/mol. The highest BCUT2D eigenvalue weighted by Gasteiger charge is 2.34. The number of hydrogen-bond acceptors (Lipinski definition) is 4. The average Bonchev–Trinajstić information content (AvgIpc) is 3.40. The molecule has 6 heteroatoms. The summed E-state index contributed by atoms with van der Waals surface area (Å²) < 4.78 is 14.2. The summed E-state index contributed by atoms with van der Waals surface area (Å²) in [7, 11) is 0. The monoisotopic (exact) mass is 492 g/mol. The number of anilines is 1. The molecule has 0 saturated carbocycles. The Morgan fingerprint density at radius 1 is 0.811 bits per heavy atom. The summed E-state index contributed by atoms with van der Waals surface area (Å²) in [5.41, 5.74) is 3.69. The molecule has 0 radical (unpaired) electrons. The van der Waals surface area contributed by atoms with Crippen molar-refractivity contribution < 1.29 is 9.18 Å². The maximum absolute atomic E-state index is 14.2. The van der Waals surface area contributed by atoms with E-state index in [1.807, 2.05) is 42.5 Å². The first-order chi connectivity index (χ1) is 18.2. The minimum Gasteiger partial charge on any atom is -0.367 e. The van der Waals surface area contributed by atoms with Crippen LogP contribution in [0.5, 0.6) is 0 Å². The van der Waals surface area contributed by atoms with Gasteiger partial charge in [0.2, 0.25) is 0 Å². The number of piperazine rings is 1. The van der Waals surface area contributed by atoms with Gasteiger partial charge in [-0.15, -0.1) is 0 Å². The number of carbonyl (C=O) groups is 1. The van der Waals surface area contributed by atoms with E-state index in [9.17, 15) is 9.18 Å². The predicted octanol–water partition coefficient (Wildman–Crippen LogP) is 5.48. The van der Waals surface area contributed by atoms with Crippen LogP contribution in [0.4, 0.5) is 10.1 Å². The molecule has 0 bridgehead atoms. The molecule has 1 amide bonds. The molecule has 2 heterocycles. The first-order valence-electron chi connectivity index (χ1n) is 12.8. The third-order valence-electron chi connectivity index (χ3n) is 7.36. The van der Waals surface area contributed by atoms with Crippen LogP contribution in [0.2, 0.25) is 0 Å². The van der Waals surface area contributed by atoms with Gasteiger partial charge in [0.1, 0.15) is 5.82 Å². The van der Waals surface area contributed by atoms with Crippen molar-refractivity contribution in [2.45, 2.75) is 12.5 Å². The van der Waals surface area contributed by atoms with E-state index in [4.69, 9.17) is 5.10 Å². The van der Waals surface area contributed by atoms with Crippen LogP contribution in [0.1, 0.15) is 23.6 Å². The van der Waals surface area contributed by atoms with Gasteiger partial charge in [-0.05, 0) is 40.1 Å². The third kappa shape index (κ3) is 4.85. The van der Waals surface area contributed by atoms with Gasteiger partial charge in [0.05, 0.1) is 24.0 Å². The van der Waals surface area contributed by atoms with Crippen molar-refractivity contribution in [3.8, 4) is 0 Å². The van der Waals surface area contributed by atoms with Crippen LogP contribution in [0, 0.1) is 5.82 Å². The molecule has 0 aliphatic carbocycles. The van der Waals surface area contributed by atoms with E-state index in [2.05, 4.69) is 52.3 Å². The minimum atomic E-state index is -0.203. The summed E-state index contributed by atoms with van der Waals surface area (Å²) in [6.45, 7) is 3.06. The average molecular weight is 493 g/mol. The fraction of sp³-hybridized carbons (Fsp3) is 0.226. The highest BCUT2D eigenvalue weighted by molar-refractivity contribution is 6.05. The van der Waals surface area contributed by atoms with Crippen molar-refractivity contribution in [3.05, 3.63) is 114 Å². The topological polar surface area (TPSA) is 39.2 Å². The lowest BCUT2D eigenvalue weighted by molar-refractivity contribution is -0.134. The summed E-state index contributed by atoms with van der Waals surface area (Å²) >= 11 is 0. The van der Waals surface area contributed by atoms with Gasteiger partial charge >= 0.3 is 0 Å². The van der Waals surface area contributed by atoms with Crippen molar-refractivity contribution in [3.63, 3.8) is 0 Å². The second kappa shape index (κ2) is 10.1. The Balaban J connectivity index is 1.20. The molecule has 1 saturated heterocycles. The van der Waals surface area contributed by atoms with E-state index in [-0.39, 0.29) is 17.8 Å². The van der Waals surface area contributed by atoms with Crippen LogP contribution in [-0.4, -0.2) is 54.3 Å². The van der Waals surface area contributed by atoms with Crippen molar-refractivity contribution >= 4 is 28.1 Å². The summed E-state index contributed by atoms with van der Waals surface area (Å²) in [5, 5.41) is 8.91. The van der Waals surface area contributed by atoms with Gasteiger partial charge < -0.3 is 4.90 Å². The van der Waals surface area contributed by atoms with Crippen molar-refractivity contribution in [1.29, 1.82) is 0 Å². The summed E-state index contributed by atoms with van der Waals surface area (Å²) in [6, 6.07) is 31.5. The third-order valence-corrected chi connectivity index (χ3v) is 7.36. The van der Waals surface area contributed by atoms with Gasteiger partial charge in [0, 0.05) is 32.6 Å². The Hall–Kier alpha value is -4.03. The molecule has 6 rings (SSSR count). The number of hydrazone groups is 1. The van der Waals surface area contributed by atoms with E-state index in [0.29, 0.717) is 44.8 Å². The Kier molecular flexibility index (Phi) is 6.41. The quantitative estimate of drug-likeness (QED) is 0.370. The zero-order chi connectivity index (χ0) is 25.2. The van der Waals surface area contributed by atoms with Crippen LogP contribution in [0.15, 0.2) is 102 Å². The van der Waals surface area contributed by atoms with Crippen LogP contribution in [-0.2, 0) is 4.79 Å². The van der Waals surface area contributed by atoms with E-state index in [1.165, 1.54) is 11.5 Å². The zero-order valence-electron chi connectivity index (χ0n) is 20.6. The highest BCUT2D eigenvalue weighted by atomic mass is 19.1. The van der Waals surface area contributed by atoms with E-state index < -0.39 is 0 Å². The van der Waals surface area contributed by atoms with Gasteiger partial charge in [-0.25, -0.2) is 9.40 Å². The van der Waals surface area contributed by atoms with Gasteiger partial charge in [-0.2, -0.15) is 5.10 Å². The molecule has 1 atom stereocenters. The number of halogens is 1. The Morgan fingerprint density at radius 2 is 1.51 bits per heavy atom. The zero-order valence-corrected chi connectivity index (χ0v) is 20.6. The number of rotatable bonds is 5. The van der Waals surface area contributed by atoms with E-state index in [1.54, 1.807) is 11.1 Å². The number of hydrogen-bond donors (Lipinski definition) is 0. The number of amides is 1. The molecule has 4 aromatic rings. The Labute approximate surface area is 216 Å². The van der Waals surface area contributed by atoms with Crippen LogP contribution in [0.3, 0.4) is 0 Å². The SMILES string of the molecule is O=C(CN1CCN(c2ccccc2F)CC1)N1N=C(c2ccc3ccccc3c2)CC1c1ccccc1. The molecule has 5 nitrogen and oxygen atoms in total. The fourth-order valence-corrected chi connectivity index (χ4v) is 5.34. The molecule has 1 fully saturated rings.